The van der Waals surface area contributed by atoms with Crippen LogP contribution in [0.4, 0.5) is 0 Å². The number of aromatic carboxylic acids is 1. The minimum atomic E-state index is -0.975. The highest BCUT2D eigenvalue weighted by Crippen LogP contribution is 2.38. The lowest BCUT2D eigenvalue weighted by Crippen LogP contribution is -1.98. The number of hydrogen-bond donors (Lipinski definition) is 1. The highest BCUT2D eigenvalue weighted by atomic mass is 35.5. The Kier molecular flexibility index (Phi) is 5.77. The second kappa shape index (κ2) is 8.80. The third-order valence-corrected chi connectivity index (χ3v) is 4.95. The molecule has 0 spiro atoms. The van der Waals surface area contributed by atoms with E-state index in [4.69, 9.17) is 16.3 Å². The molecular formula is C25H18ClNO3. The summed E-state index contributed by atoms with van der Waals surface area (Å²) in [6.07, 6.45) is 3.42. The van der Waals surface area contributed by atoms with Crippen LogP contribution >= 0.6 is 11.6 Å². The maximum absolute atomic E-state index is 11.4. The lowest BCUT2D eigenvalue weighted by atomic mass is 9.95. The zero-order chi connectivity index (χ0) is 20.9. The van der Waals surface area contributed by atoms with Gasteiger partial charge in [-0.05, 0) is 53.1 Å². The second-order valence-corrected chi connectivity index (χ2v) is 7.16. The number of carbonyl (C=O) groups is 1. The minimum absolute atomic E-state index is 0.217. The summed E-state index contributed by atoms with van der Waals surface area (Å²) >= 11 is 6.30. The van der Waals surface area contributed by atoms with Crippen molar-refractivity contribution >= 4 is 17.6 Å². The van der Waals surface area contributed by atoms with Crippen molar-refractivity contribution < 1.29 is 14.6 Å². The van der Waals surface area contributed by atoms with Gasteiger partial charge in [-0.25, -0.2) is 4.79 Å². The highest BCUT2D eigenvalue weighted by Gasteiger charge is 2.15. The van der Waals surface area contributed by atoms with Gasteiger partial charge in [0.05, 0.1) is 5.56 Å². The fraction of sp³-hybridized carbons (Fsp3) is 0.0400. The fourth-order valence-electron chi connectivity index (χ4n) is 3.25. The summed E-state index contributed by atoms with van der Waals surface area (Å²) in [4.78, 5) is 15.7. The number of nitrogens with zero attached hydrogens (tertiary/aromatic N) is 1. The SMILES string of the molecule is O=C(O)c1cccc(-c2cnccc2-c2cc(Cl)ccc2OCc2ccccc2)c1. The Bertz CT molecular complexity index is 1190. The lowest BCUT2D eigenvalue weighted by molar-refractivity contribution is 0.0697. The average Bonchev–Trinajstić information content (AvgIpc) is 2.79. The van der Waals surface area contributed by atoms with Crippen LogP contribution in [0.1, 0.15) is 15.9 Å². The van der Waals surface area contributed by atoms with Crippen molar-refractivity contribution in [1.82, 2.24) is 4.98 Å². The lowest BCUT2D eigenvalue weighted by Gasteiger charge is -2.15. The Balaban J connectivity index is 1.77. The molecule has 0 amide bonds. The van der Waals surface area contributed by atoms with Gasteiger partial charge in [-0.1, -0.05) is 54.1 Å². The molecule has 30 heavy (non-hydrogen) atoms. The van der Waals surface area contributed by atoms with E-state index < -0.39 is 5.97 Å². The van der Waals surface area contributed by atoms with E-state index in [-0.39, 0.29) is 5.56 Å². The number of carboxylic acid groups (broad SMARTS) is 1. The van der Waals surface area contributed by atoms with Gasteiger partial charge in [-0.3, -0.25) is 4.98 Å². The summed E-state index contributed by atoms with van der Waals surface area (Å²) in [6.45, 7) is 0.421. The van der Waals surface area contributed by atoms with Crippen LogP contribution in [0.15, 0.2) is 91.3 Å². The average molecular weight is 416 g/mol. The van der Waals surface area contributed by atoms with Crippen molar-refractivity contribution in [3.05, 3.63) is 107 Å². The molecule has 0 unspecified atom stereocenters. The molecule has 0 fully saturated rings. The van der Waals surface area contributed by atoms with Crippen LogP contribution in [0.5, 0.6) is 5.75 Å². The van der Waals surface area contributed by atoms with Crippen LogP contribution in [0.3, 0.4) is 0 Å². The summed E-state index contributed by atoms with van der Waals surface area (Å²) in [7, 11) is 0. The van der Waals surface area contributed by atoms with Crippen LogP contribution in [0.2, 0.25) is 5.02 Å². The molecule has 5 heteroatoms. The van der Waals surface area contributed by atoms with Crippen LogP contribution in [-0.2, 0) is 6.61 Å². The third kappa shape index (κ3) is 4.34. The number of ether oxygens (including phenoxy) is 1. The maximum atomic E-state index is 11.4. The predicted molar refractivity (Wildman–Crippen MR) is 118 cm³/mol. The first-order valence-corrected chi connectivity index (χ1v) is 9.74. The van der Waals surface area contributed by atoms with E-state index in [9.17, 15) is 9.90 Å². The number of rotatable bonds is 6. The molecule has 0 atom stereocenters. The largest absolute Gasteiger partial charge is 0.488 e. The van der Waals surface area contributed by atoms with Gasteiger partial charge in [-0.15, -0.1) is 0 Å². The third-order valence-electron chi connectivity index (χ3n) is 4.71. The Morgan fingerprint density at radius 1 is 0.900 bits per heavy atom. The van der Waals surface area contributed by atoms with Crippen molar-refractivity contribution in [1.29, 1.82) is 0 Å². The first-order valence-electron chi connectivity index (χ1n) is 9.36. The van der Waals surface area contributed by atoms with E-state index in [0.717, 1.165) is 27.8 Å². The number of aromatic nitrogens is 1. The number of halogens is 1. The van der Waals surface area contributed by atoms with Gasteiger partial charge in [0.25, 0.3) is 0 Å². The molecule has 1 heterocycles. The molecule has 0 aliphatic rings. The molecule has 0 aliphatic heterocycles. The topological polar surface area (TPSA) is 59.4 Å². The van der Waals surface area contributed by atoms with Crippen LogP contribution in [0.25, 0.3) is 22.3 Å². The van der Waals surface area contributed by atoms with Crippen LogP contribution in [0, 0.1) is 0 Å². The minimum Gasteiger partial charge on any atom is -0.488 e. The van der Waals surface area contributed by atoms with Gasteiger partial charge in [0.1, 0.15) is 12.4 Å². The van der Waals surface area contributed by atoms with Gasteiger partial charge in [0.15, 0.2) is 0 Å². The molecule has 1 aromatic heterocycles. The van der Waals surface area contributed by atoms with Crippen molar-refractivity contribution in [3.8, 4) is 28.0 Å². The van der Waals surface area contributed by atoms with Crippen molar-refractivity contribution in [2.24, 2.45) is 0 Å². The van der Waals surface area contributed by atoms with Gasteiger partial charge in [0.2, 0.25) is 0 Å². The molecule has 0 saturated carbocycles. The summed E-state index contributed by atoms with van der Waals surface area (Å²) in [5.74, 6) is -0.290. The Morgan fingerprint density at radius 3 is 2.53 bits per heavy atom. The van der Waals surface area contributed by atoms with Crippen molar-refractivity contribution in [3.63, 3.8) is 0 Å². The van der Waals surface area contributed by atoms with Gasteiger partial charge in [-0.2, -0.15) is 0 Å². The normalized spacial score (nSPS) is 10.6. The summed E-state index contributed by atoms with van der Waals surface area (Å²) < 4.78 is 6.11. The summed E-state index contributed by atoms with van der Waals surface area (Å²) in [5.41, 5.74) is 4.51. The Hall–Kier alpha value is -3.63. The van der Waals surface area contributed by atoms with Gasteiger partial charge >= 0.3 is 5.97 Å². The molecule has 0 aliphatic carbocycles. The molecule has 4 nitrogen and oxygen atoms in total. The Morgan fingerprint density at radius 2 is 1.73 bits per heavy atom. The molecule has 4 aromatic rings. The fourth-order valence-corrected chi connectivity index (χ4v) is 3.43. The van der Waals surface area contributed by atoms with Crippen molar-refractivity contribution in [2.75, 3.05) is 0 Å². The zero-order valence-electron chi connectivity index (χ0n) is 16.0. The molecule has 148 valence electrons. The van der Waals surface area contributed by atoms with E-state index in [1.165, 1.54) is 0 Å². The van der Waals surface area contributed by atoms with Crippen molar-refractivity contribution in [2.45, 2.75) is 6.61 Å². The van der Waals surface area contributed by atoms with E-state index >= 15 is 0 Å². The summed E-state index contributed by atoms with van der Waals surface area (Å²) in [6, 6.07) is 24.1. The maximum Gasteiger partial charge on any atom is 0.335 e. The predicted octanol–water partition coefficient (Wildman–Crippen LogP) is 6.35. The molecule has 0 bridgehead atoms. The van der Waals surface area contributed by atoms with E-state index in [1.54, 1.807) is 36.7 Å². The van der Waals surface area contributed by atoms with Gasteiger partial charge in [0, 0.05) is 28.5 Å². The molecule has 3 aromatic carbocycles. The highest BCUT2D eigenvalue weighted by molar-refractivity contribution is 6.31. The Labute approximate surface area is 179 Å². The molecular weight excluding hydrogens is 398 g/mol. The second-order valence-electron chi connectivity index (χ2n) is 6.72. The monoisotopic (exact) mass is 415 g/mol. The van der Waals surface area contributed by atoms with Gasteiger partial charge < -0.3 is 9.84 Å². The van der Waals surface area contributed by atoms with E-state index in [1.807, 2.05) is 54.6 Å². The van der Waals surface area contributed by atoms with Crippen LogP contribution in [-0.4, -0.2) is 16.1 Å². The standard InChI is InChI=1S/C25H18ClNO3/c26-20-9-10-24(30-16-17-5-2-1-3-6-17)22(14-20)21-11-12-27-15-23(21)18-7-4-8-19(13-18)25(28)29/h1-15H,16H2,(H,28,29). The van der Waals surface area contributed by atoms with E-state index in [2.05, 4.69) is 4.98 Å². The summed E-state index contributed by atoms with van der Waals surface area (Å²) in [5, 5.41) is 9.93. The molecule has 0 radical (unpaired) electrons. The first kappa shape index (κ1) is 19.7. The smallest absolute Gasteiger partial charge is 0.335 e. The first-order chi connectivity index (χ1) is 14.6. The number of hydrogen-bond acceptors (Lipinski definition) is 3. The van der Waals surface area contributed by atoms with E-state index in [0.29, 0.717) is 17.4 Å². The number of carboxylic acids is 1. The molecule has 4 rings (SSSR count). The quantitative estimate of drug-likeness (QED) is 0.398. The number of benzene rings is 3. The molecule has 1 N–H and O–H groups in total. The number of pyridine rings is 1. The molecule has 0 saturated heterocycles. The van der Waals surface area contributed by atoms with Crippen LogP contribution < -0.4 is 4.74 Å². The zero-order valence-corrected chi connectivity index (χ0v) is 16.7.